The van der Waals surface area contributed by atoms with Gasteiger partial charge in [0, 0.05) is 67.5 Å². The average molecular weight is 1600 g/mol. The fourth-order valence-corrected chi connectivity index (χ4v) is 17.5. The van der Waals surface area contributed by atoms with Gasteiger partial charge in [0.15, 0.2) is 49.4 Å². The molecule has 8 aliphatic carbocycles. The van der Waals surface area contributed by atoms with Crippen LogP contribution in [0.25, 0.3) is 0 Å². The smallest absolute Gasteiger partial charge is 0.475 e. The maximum Gasteiger partial charge on any atom is 0.490 e. The minimum absolute atomic E-state index is 0.0629. The Morgan fingerprint density at radius 1 is 0.321 bits per heavy atom. The summed E-state index contributed by atoms with van der Waals surface area (Å²) >= 11 is 0. The molecule has 3 saturated heterocycles. The average Bonchev–Trinajstić information content (AvgIpc) is 1.37. The van der Waals surface area contributed by atoms with Crippen molar-refractivity contribution in [3.63, 3.8) is 0 Å². The molecule has 0 aromatic rings. The van der Waals surface area contributed by atoms with E-state index < -0.39 is 178 Å². The Hall–Kier alpha value is -6.33. The van der Waals surface area contributed by atoms with Gasteiger partial charge in [-0.15, -0.1) is 0 Å². The number of nitrogens with two attached hydrogens (primary N) is 6. The third kappa shape index (κ3) is 26.1. The topological polar surface area (TPSA) is 517 Å². The van der Waals surface area contributed by atoms with Crippen LogP contribution in [-0.4, -0.2) is 238 Å². The van der Waals surface area contributed by atoms with Crippen molar-refractivity contribution < 1.29 is 118 Å². The van der Waals surface area contributed by atoms with Crippen LogP contribution in [0.4, 0.5) is 46.7 Å². The molecule has 638 valence electrons. The van der Waals surface area contributed by atoms with Crippen molar-refractivity contribution in [1.29, 1.82) is 0 Å². The van der Waals surface area contributed by atoms with E-state index >= 15 is 0 Å². The second-order valence-corrected chi connectivity index (χ2v) is 32.1. The quantitative estimate of drug-likeness (QED) is 0.0506. The summed E-state index contributed by atoms with van der Waals surface area (Å²) in [7, 11) is 0. The van der Waals surface area contributed by atoms with Crippen molar-refractivity contribution in [2.75, 3.05) is 19.7 Å². The molecular formula is C74H124F3N13O22. The van der Waals surface area contributed by atoms with Gasteiger partial charge in [0.1, 0.15) is 49.3 Å². The highest BCUT2D eigenvalue weighted by atomic mass is 19.4. The lowest BCUT2D eigenvalue weighted by molar-refractivity contribution is -0.305. The Bertz CT molecular complexity index is 2960. The molecule has 19 atom stereocenters. The van der Waals surface area contributed by atoms with E-state index in [9.17, 15) is 46.7 Å². The summed E-state index contributed by atoms with van der Waals surface area (Å²) in [6, 6.07) is -6.56. The number of nitrogens with one attached hydrogen (secondary N) is 7. The Morgan fingerprint density at radius 2 is 0.571 bits per heavy atom. The van der Waals surface area contributed by atoms with Crippen LogP contribution in [-0.2, 0) is 66.4 Å². The molecule has 11 aliphatic rings. The first-order valence-electron chi connectivity index (χ1n) is 41.3. The summed E-state index contributed by atoms with van der Waals surface area (Å²) in [4.78, 5) is 108. The third-order valence-electron chi connectivity index (χ3n) is 23.6. The lowest BCUT2D eigenvalue weighted by atomic mass is 9.84. The number of aliphatic carboxylic acids is 1. The molecule has 3 heterocycles. The maximum atomic E-state index is 14.8. The molecule has 11 rings (SSSR count). The number of amides is 7. The van der Waals surface area contributed by atoms with E-state index in [1.54, 1.807) is 0 Å². The summed E-state index contributed by atoms with van der Waals surface area (Å²) < 4.78 is 117. The van der Waals surface area contributed by atoms with Gasteiger partial charge in [0.2, 0.25) is 0 Å². The van der Waals surface area contributed by atoms with Crippen LogP contribution in [0.1, 0.15) is 231 Å². The van der Waals surface area contributed by atoms with Crippen LogP contribution in [0, 0.1) is 0 Å². The van der Waals surface area contributed by atoms with E-state index in [-0.39, 0.29) is 61.8 Å². The second kappa shape index (κ2) is 43.6. The van der Waals surface area contributed by atoms with Gasteiger partial charge in [-0.05, 0) is 96.3 Å². The number of ether oxygens (including phenoxy) is 13. The van der Waals surface area contributed by atoms with Crippen molar-refractivity contribution in [2.24, 2.45) is 34.4 Å². The normalized spacial score (nSPS) is 33.8. The van der Waals surface area contributed by atoms with Gasteiger partial charge in [-0.1, -0.05) is 135 Å². The minimum Gasteiger partial charge on any atom is -0.475 e. The van der Waals surface area contributed by atoms with E-state index in [1.807, 2.05) is 0 Å². The summed E-state index contributed by atoms with van der Waals surface area (Å²) in [6.07, 6.45) is -3.70. The number of carboxylic acids is 1. The number of rotatable bonds is 23. The summed E-state index contributed by atoms with van der Waals surface area (Å²) in [5.74, 6) is -2.76. The SMILES string of the molecule is NC[C@@H]1O[C@H](O[C@H]2[C@@H](OC(=O)NC3CCCCC3)[C@H](O[C@@H]3[C@@H](OC(=O)NC4CCCCC4)[C@H](N)C[C@H](N)[C@H]3O[C@H]3O[C@H](CN)[C@@H](OC(=O)NC4CCCCC4)[C@H](OC(=O)NC4CCCCC4)[C@H]3N)O[C@@H]2COC(=O)NC2CCCCC2)[C@H](N)[C@@H](OC(=O)NC2CCCCC2)[C@@H]1OC(=O)NC1CCCCC1.O=C(O)C(F)(F)F. The molecule has 0 aromatic heterocycles. The number of carbonyl (C=O) groups excluding carboxylic acids is 7. The number of hydrogen-bond acceptors (Lipinski definition) is 27. The van der Waals surface area contributed by atoms with Crippen molar-refractivity contribution in [3.8, 4) is 0 Å². The highest BCUT2D eigenvalue weighted by molar-refractivity contribution is 5.73. The standard InChI is InChI=1S/C72H123N13O20.C2HF3O2/c73-37-49-56(101-68(88)81-42-26-12-3-13-27-42)59(103-70(90)83-44-30-16-5-17-31-44)52(77)63(94-49)97-54-47(75)36-48(76)55(100-67(87)80-41-24-10-2-11-25-41)61(54)99-65-62(105-72(92)85-46-34-20-7-21-35-46)58(51(96-65)39-93-66(86)79-40-22-8-1-9-23-40)98-64-53(78)60(104-71(91)84-45-32-18-6-19-33-45)57(50(38-74)95-64)102-69(89)82-43-28-14-4-15-29-43;3-2(4,5)1(6)7/h40-65H,1-39,73-78H2,(H,79,86)(H,80,87)(H,81,88)(H,82,89)(H,83,90)(H,84,91)(H,85,92);(H,6,7)/t47-,48+,49+,50-,51+,52+,53+,54+,55-,56+,57+,58+,59+,60+,61-,62+,63+,64+,65-;/m0./s1. The lowest BCUT2D eigenvalue weighted by Gasteiger charge is -2.48. The van der Waals surface area contributed by atoms with E-state index in [4.69, 9.17) is 106 Å². The fourth-order valence-electron chi connectivity index (χ4n) is 17.5. The minimum atomic E-state index is -5.08. The lowest BCUT2D eigenvalue weighted by Crippen LogP contribution is -2.70. The van der Waals surface area contributed by atoms with Gasteiger partial charge in [0.05, 0.1) is 12.1 Å². The first kappa shape index (κ1) is 88.0. The molecule has 11 fully saturated rings. The Kier molecular flexibility index (Phi) is 34.3. The molecule has 0 spiro atoms. The summed E-state index contributed by atoms with van der Waals surface area (Å²) in [6.45, 7) is -1.19. The van der Waals surface area contributed by atoms with Crippen LogP contribution in [0.15, 0.2) is 0 Å². The predicted octanol–water partition coefficient (Wildman–Crippen LogP) is 6.20. The first-order chi connectivity index (χ1) is 53.9. The molecule has 0 bridgehead atoms. The van der Waals surface area contributed by atoms with Crippen LogP contribution in [0.3, 0.4) is 0 Å². The predicted molar refractivity (Wildman–Crippen MR) is 392 cm³/mol. The van der Waals surface area contributed by atoms with Crippen LogP contribution < -0.4 is 71.6 Å². The number of alkyl carbamates (subject to hydrolysis) is 7. The van der Waals surface area contributed by atoms with Crippen molar-refractivity contribution in [2.45, 2.75) is 396 Å². The van der Waals surface area contributed by atoms with E-state index in [2.05, 4.69) is 37.2 Å². The van der Waals surface area contributed by atoms with Crippen LogP contribution in [0.2, 0.25) is 0 Å². The molecule has 20 N–H and O–H groups in total. The molecule has 0 unspecified atom stereocenters. The number of carboxylic acid groups (broad SMARTS) is 1. The molecule has 0 aromatic carbocycles. The zero-order valence-corrected chi connectivity index (χ0v) is 64.2. The van der Waals surface area contributed by atoms with Gasteiger partial charge in [0.25, 0.3) is 0 Å². The molecule has 35 nitrogen and oxygen atoms in total. The second-order valence-electron chi connectivity index (χ2n) is 32.1. The fraction of sp³-hybridized carbons (Fsp3) is 0.892. The molecule has 38 heteroatoms. The molecule has 0 radical (unpaired) electrons. The van der Waals surface area contributed by atoms with Crippen LogP contribution >= 0.6 is 0 Å². The van der Waals surface area contributed by atoms with E-state index in [1.165, 1.54) is 0 Å². The van der Waals surface area contributed by atoms with Gasteiger partial charge in [-0.2, -0.15) is 13.2 Å². The Balaban J connectivity index is 0.00000181. The molecule has 7 amide bonds. The molecule has 8 saturated carbocycles. The monoisotopic (exact) mass is 1600 g/mol. The first-order valence-corrected chi connectivity index (χ1v) is 41.3. The number of halogens is 3. The zero-order chi connectivity index (χ0) is 79.8. The number of alkyl halides is 3. The maximum absolute atomic E-state index is 14.8. The molecule has 3 aliphatic heterocycles. The largest absolute Gasteiger partial charge is 0.490 e. The van der Waals surface area contributed by atoms with Crippen molar-refractivity contribution in [1.82, 2.24) is 37.2 Å². The van der Waals surface area contributed by atoms with Crippen molar-refractivity contribution >= 4 is 48.6 Å². The summed E-state index contributed by atoms with van der Waals surface area (Å²) in [5, 5.41) is 28.0. The highest BCUT2D eigenvalue weighted by Crippen LogP contribution is 2.39. The highest BCUT2D eigenvalue weighted by Gasteiger charge is 2.59. The van der Waals surface area contributed by atoms with E-state index in [0.717, 1.165) is 186 Å². The van der Waals surface area contributed by atoms with Crippen molar-refractivity contribution in [3.05, 3.63) is 0 Å². The van der Waals surface area contributed by atoms with Gasteiger partial charge in [-0.25, -0.2) is 38.4 Å². The summed E-state index contributed by atoms with van der Waals surface area (Å²) in [5.41, 5.74) is 41.8. The van der Waals surface area contributed by atoms with Gasteiger partial charge >= 0.3 is 54.8 Å². The molecule has 112 heavy (non-hydrogen) atoms. The third-order valence-corrected chi connectivity index (χ3v) is 23.6. The molecular weight excluding hydrogens is 1480 g/mol. The van der Waals surface area contributed by atoms with Gasteiger partial charge in [-0.3, -0.25) is 0 Å². The number of carbonyl (C=O) groups is 8. The Morgan fingerprint density at radius 3 is 0.875 bits per heavy atom. The van der Waals surface area contributed by atoms with E-state index in [0.29, 0.717) is 38.5 Å². The zero-order valence-electron chi connectivity index (χ0n) is 64.2. The van der Waals surface area contributed by atoms with Crippen LogP contribution in [0.5, 0.6) is 0 Å². The van der Waals surface area contributed by atoms with Gasteiger partial charge < -0.3 is 138 Å². The Labute approximate surface area is 651 Å². The number of hydrogen-bond donors (Lipinski definition) is 14.